The number of nitro groups is 1. The van der Waals surface area contributed by atoms with Crippen LogP contribution in [0.4, 0.5) is 11.4 Å². The molecule has 8 nitrogen and oxygen atoms in total. The lowest BCUT2D eigenvalue weighted by Crippen LogP contribution is -2.41. The van der Waals surface area contributed by atoms with Crippen LogP contribution in [0, 0.1) is 10.1 Å². The zero-order chi connectivity index (χ0) is 16.9. The van der Waals surface area contributed by atoms with Crippen LogP contribution in [0.2, 0.25) is 5.02 Å². The van der Waals surface area contributed by atoms with Crippen LogP contribution >= 0.6 is 11.6 Å². The summed E-state index contributed by atoms with van der Waals surface area (Å²) < 4.78 is 0. The van der Waals surface area contributed by atoms with Crippen LogP contribution in [0.15, 0.2) is 18.2 Å². The van der Waals surface area contributed by atoms with Crippen LogP contribution in [-0.4, -0.2) is 45.9 Å². The normalized spacial score (nSPS) is 10.8. The number of hydrogen-bond donors (Lipinski definition) is 2. The third-order valence-corrected chi connectivity index (χ3v) is 3.16. The van der Waals surface area contributed by atoms with Crippen molar-refractivity contribution in [1.29, 1.82) is 0 Å². The Morgan fingerprint density at radius 2 is 2.05 bits per heavy atom. The topological polar surface area (TPSA) is 113 Å². The minimum absolute atomic E-state index is 0.0299. The Hall–Kier alpha value is -2.19. The number of aliphatic carboxylic acids is 1. The molecule has 0 aromatic heterocycles. The van der Waals surface area contributed by atoms with Gasteiger partial charge in [0.2, 0.25) is 5.91 Å². The fourth-order valence-electron chi connectivity index (χ4n) is 1.71. The molecule has 0 saturated heterocycles. The molecule has 0 aliphatic carbocycles. The van der Waals surface area contributed by atoms with Crippen LogP contribution in [0.1, 0.15) is 13.8 Å². The number of carboxylic acids is 1. The van der Waals surface area contributed by atoms with Gasteiger partial charge in [0, 0.05) is 17.8 Å². The number of nitrogens with zero attached hydrogens (tertiary/aromatic N) is 2. The molecule has 0 spiro atoms. The van der Waals surface area contributed by atoms with E-state index >= 15 is 0 Å². The Morgan fingerprint density at radius 3 is 2.55 bits per heavy atom. The third kappa shape index (κ3) is 5.30. The lowest BCUT2D eigenvalue weighted by molar-refractivity contribution is -0.384. The SMILES string of the molecule is CC(C)N(CC(=O)O)CC(=O)Nc1ccc(Cl)c([N+](=O)[O-])c1. The van der Waals surface area contributed by atoms with Crippen molar-refractivity contribution in [2.75, 3.05) is 18.4 Å². The highest BCUT2D eigenvalue weighted by Gasteiger charge is 2.18. The first-order valence-electron chi connectivity index (χ1n) is 6.40. The second-order valence-electron chi connectivity index (χ2n) is 4.86. The number of halogens is 1. The first-order valence-corrected chi connectivity index (χ1v) is 6.78. The number of nitrogens with one attached hydrogen (secondary N) is 1. The van der Waals surface area contributed by atoms with Crippen molar-refractivity contribution in [2.24, 2.45) is 0 Å². The molecule has 1 amide bonds. The van der Waals surface area contributed by atoms with Crippen molar-refractivity contribution < 1.29 is 19.6 Å². The van der Waals surface area contributed by atoms with Crippen molar-refractivity contribution >= 4 is 34.9 Å². The van der Waals surface area contributed by atoms with Gasteiger partial charge in [0.05, 0.1) is 18.0 Å². The summed E-state index contributed by atoms with van der Waals surface area (Å²) in [5, 5.41) is 22.0. The summed E-state index contributed by atoms with van der Waals surface area (Å²) in [7, 11) is 0. The summed E-state index contributed by atoms with van der Waals surface area (Å²) >= 11 is 5.68. The average Bonchev–Trinajstić information content (AvgIpc) is 2.39. The Labute approximate surface area is 131 Å². The van der Waals surface area contributed by atoms with Crippen molar-refractivity contribution in [3.05, 3.63) is 33.3 Å². The zero-order valence-corrected chi connectivity index (χ0v) is 12.8. The summed E-state index contributed by atoms with van der Waals surface area (Å²) in [5.41, 5.74) is -0.0918. The van der Waals surface area contributed by atoms with Gasteiger partial charge in [-0.05, 0) is 26.0 Å². The molecule has 0 unspecified atom stereocenters. The molecule has 1 aromatic carbocycles. The van der Waals surface area contributed by atoms with Gasteiger partial charge >= 0.3 is 5.97 Å². The fraction of sp³-hybridized carbons (Fsp3) is 0.385. The second kappa shape index (κ2) is 7.71. The Bertz CT molecular complexity index is 591. The van der Waals surface area contributed by atoms with E-state index in [1.54, 1.807) is 13.8 Å². The number of carboxylic acid groups (broad SMARTS) is 1. The summed E-state index contributed by atoms with van der Waals surface area (Å²) in [6.45, 7) is 3.12. The Balaban J connectivity index is 2.78. The Morgan fingerprint density at radius 1 is 1.41 bits per heavy atom. The highest BCUT2D eigenvalue weighted by molar-refractivity contribution is 6.32. The largest absolute Gasteiger partial charge is 0.480 e. The lowest BCUT2D eigenvalue weighted by atomic mass is 10.2. The predicted molar refractivity (Wildman–Crippen MR) is 81.1 cm³/mol. The van der Waals surface area contributed by atoms with Crippen molar-refractivity contribution in [1.82, 2.24) is 4.90 Å². The number of amides is 1. The molecule has 0 bridgehead atoms. The van der Waals surface area contributed by atoms with Crippen LogP contribution in [0.3, 0.4) is 0 Å². The van der Waals surface area contributed by atoms with E-state index in [0.717, 1.165) is 6.07 Å². The molecule has 0 aliphatic heterocycles. The standard InChI is InChI=1S/C13H16ClN3O5/c1-8(2)16(7-13(19)20)6-12(18)15-9-3-4-10(14)11(5-9)17(21)22/h3-5,8H,6-7H2,1-2H3,(H,15,18)(H,19,20). The number of nitro benzene ring substituents is 1. The van der Waals surface area contributed by atoms with Gasteiger partial charge in [0.1, 0.15) is 5.02 Å². The first kappa shape index (κ1) is 17.9. The minimum Gasteiger partial charge on any atom is -0.480 e. The number of benzene rings is 1. The molecule has 22 heavy (non-hydrogen) atoms. The molecular weight excluding hydrogens is 314 g/mol. The van der Waals surface area contributed by atoms with Gasteiger partial charge in [-0.15, -0.1) is 0 Å². The first-order chi connectivity index (χ1) is 10.2. The van der Waals surface area contributed by atoms with Crippen LogP contribution in [0.5, 0.6) is 0 Å². The molecule has 1 aromatic rings. The maximum absolute atomic E-state index is 11.9. The van der Waals surface area contributed by atoms with Gasteiger partial charge in [-0.3, -0.25) is 24.6 Å². The van der Waals surface area contributed by atoms with Gasteiger partial charge < -0.3 is 10.4 Å². The van der Waals surface area contributed by atoms with Gasteiger partial charge in [-0.1, -0.05) is 11.6 Å². The van der Waals surface area contributed by atoms with Gasteiger partial charge in [-0.25, -0.2) is 0 Å². The zero-order valence-electron chi connectivity index (χ0n) is 12.1. The monoisotopic (exact) mass is 329 g/mol. The number of rotatable bonds is 7. The van der Waals surface area contributed by atoms with Gasteiger partial charge in [-0.2, -0.15) is 0 Å². The van der Waals surface area contributed by atoms with E-state index in [-0.39, 0.29) is 35.5 Å². The summed E-state index contributed by atoms with van der Waals surface area (Å²) in [4.78, 5) is 34.3. The summed E-state index contributed by atoms with van der Waals surface area (Å²) in [6.07, 6.45) is 0. The van der Waals surface area contributed by atoms with E-state index in [1.165, 1.54) is 17.0 Å². The molecular formula is C13H16ClN3O5. The van der Waals surface area contributed by atoms with E-state index in [4.69, 9.17) is 16.7 Å². The van der Waals surface area contributed by atoms with E-state index < -0.39 is 16.8 Å². The molecule has 0 fully saturated rings. The number of anilines is 1. The van der Waals surface area contributed by atoms with Crippen LogP contribution in [-0.2, 0) is 9.59 Å². The highest BCUT2D eigenvalue weighted by atomic mass is 35.5. The predicted octanol–water partition coefficient (Wildman–Crippen LogP) is 1.98. The molecule has 0 radical (unpaired) electrons. The molecule has 120 valence electrons. The smallest absolute Gasteiger partial charge is 0.317 e. The lowest BCUT2D eigenvalue weighted by Gasteiger charge is -2.23. The maximum Gasteiger partial charge on any atom is 0.317 e. The molecule has 9 heteroatoms. The van der Waals surface area contributed by atoms with Crippen LogP contribution in [0.25, 0.3) is 0 Å². The molecule has 0 atom stereocenters. The summed E-state index contributed by atoms with van der Waals surface area (Å²) in [6, 6.07) is 3.76. The van der Waals surface area contributed by atoms with Crippen molar-refractivity contribution in [3.63, 3.8) is 0 Å². The summed E-state index contributed by atoms with van der Waals surface area (Å²) in [5.74, 6) is -1.50. The van der Waals surface area contributed by atoms with Gasteiger partial charge in [0.15, 0.2) is 0 Å². The van der Waals surface area contributed by atoms with Crippen molar-refractivity contribution in [2.45, 2.75) is 19.9 Å². The van der Waals surface area contributed by atoms with Crippen LogP contribution < -0.4 is 5.32 Å². The number of hydrogen-bond acceptors (Lipinski definition) is 5. The Kier molecular flexibility index (Phi) is 6.26. The molecule has 2 N–H and O–H groups in total. The number of carbonyl (C=O) groups excluding carboxylic acids is 1. The van der Waals surface area contributed by atoms with E-state index in [1.807, 2.05) is 0 Å². The maximum atomic E-state index is 11.9. The second-order valence-corrected chi connectivity index (χ2v) is 5.27. The average molecular weight is 330 g/mol. The molecule has 0 saturated carbocycles. The minimum atomic E-state index is -1.04. The van der Waals surface area contributed by atoms with E-state index in [2.05, 4.69) is 5.32 Å². The molecule has 1 rings (SSSR count). The highest BCUT2D eigenvalue weighted by Crippen LogP contribution is 2.27. The van der Waals surface area contributed by atoms with Gasteiger partial charge in [0.25, 0.3) is 5.69 Å². The fourth-order valence-corrected chi connectivity index (χ4v) is 1.90. The number of carbonyl (C=O) groups is 2. The molecule has 0 aliphatic rings. The third-order valence-electron chi connectivity index (χ3n) is 2.84. The molecule has 0 heterocycles. The van der Waals surface area contributed by atoms with E-state index in [0.29, 0.717) is 0 Å². The quantitative estimate of drug-likeness (QED) is 0.584. The van der Waals surface area contributed by atoms with Crippen molar-refractivity contribution in [3.8, 4) is 0 Å². The van der Waals surface area contributed by atoms with E-state index in [9.17, 15) is 19.7 Å².